The Morgan fingerprint density at radius 3 is 2.41 bits per heavy atom. The molecule has 1 amide bonds. The summed E-state index contributed by atoms with van der Waals surface area (Å²) in [5.74, 6) is 0.261. The standard InChI is InChI=1S/C19H21N5O2S/c1-3-13-6-5-7-14(4-2)18(13)20-17(26)12-27-19-21-22-23-24(19)15-8-10-16(25)11-9-15/h5-11,25H,3-4,12H2,1-2H3,(H,20,26). The third-order valence-electron chi connectivity index (χ3n) is 4.13. The van der Waals surface area contributed by atoms with Crippen LogP contribution < -0.4 is 5.32 Å². The minimum atomic E-state index is -0.101. The number of benzene rings is 2. The molecule has 0 aliphatic rings. The molecule has 0 bridgehead atoms. The molecule has 140 valence electrons. The van der Waals surface area contributed by atoms with Crippen molar-refractivity contribution in [2.24, 2.45) is 0 Å². The first-order chi connectivity index (χ1) is 13.1. The summed E-state index contributed by atoms with van der Waals surface area (Å²) in [4.78, 5) is 12.5. The molecule has 1 aromatic heterocycles. The predicted octanol–water partition coefficient (Wildman–Crippen LogP) is 3.22. The number of amides is 1. The summed E-state index contributed by atoms with van der Waals surface area (Å²) < 4.78 is 1.54. The zero-order chi connectivity index (χ0) is 19.2. The molecule has 0 saturated heterocycles. The quantitative estimate of drug-likeness (QED) is 0.609. The number of aromatic nitrogens is 4. The van der Waals surface area contributed by atoms with Gasteiger partial charge in [0, 0.05) is 5.69 Å². The van der Waals surface area contributed by atoms with E-state index in [4.69, 9.17) is 0 Å². The van der Waals surface area contributed by atoms with Crippen LogP contribution in [0.2, 0.25) is 0 Å². The molecule has 2 N–H and O–H groups in total. The van der Waals surface area contributed by atoms with Gasteiger partial charge in [-0.3, -0.25) is 4.79 Å². The van der Waals surface area contributed by atoms with E-state index >= 15 is 0 Å². The van der Waals surface area contributed by atoms with Gasteiger partial charge in [-0.25, -0.2) is 0 Å². The van der Waals surface area contributed by atoms with E-state index in [1.807, 2.05) is 18.2 Å². The van der Waals surface area contributed by atoms with E-state index in [0.29, 0.717) is 10.8 Å². The van der Waals surface area contributed by atoms with Crippen LogP contribution in [0.15, 0.2) is 47.6 Å². The van der Waals surface area contributed by atoms with E-state index in [0.717, 1.165) is 29.7 Å². The van der Waals surface area contributed by atoms with Gasteiger partial charge in [0.15, 0.2) is 0 Å². The van der Waals surface area contributed by atoms with Crippen LogP contribution in [0.4, 0.5) is 5.69 Å². The lowest BCUT2D eigenvalue weighted by Crippen LogP contribution is -2.17. The Morgan fingerprint density at radius 1 is 1.11 bits per heavy atom. The maximum Gasteiger partial charge on any atom is 0.234 e. The predicted molar refractivity (Wildman–Crippen MR) is 105 cm³/mol. The van der Waals surface area contributed by atoms with E-state index in [9.17, 15) is 9.90 Å². The second-order valence-electron chi connectivity index (χ2n) is 5.88. The number of anilines is 1. The lowest BCUT2D eigenvalue weighted by Gasteiger charge is -2.14. The maximum absolute atomic E-state index is 12.5. The first-order valence-corrected chi connectivity index (χ1v) is 9.72. The zero-order valence-corrected chi connectivity index (χ0v) is 16.0. The first kappa shape index (κ1) is 18.9. The second kappa shape index (κ2) is 8.68. The number of carbonyl (C=O) groups excluding carboxylic acids is 1. The number of hydrogen-bond donors (Lipinski definition) is 2. The smallest absolute Gasteiger partial charge is 0.234 e. The topological polar surface area (TPSA) is 92.9 Å². The maximum atomic E-state index is 12.5. The van der Waals surface area contributed by atoms with Gasteiger partial charge < -0.3 is 10.4 Å². The molecule has 0 unspecified atom stereocenters. The Balaban J connectivity index is 1.69. The molecule has 2 aromatic carbocycles. The van der Waals surface area contributed by atoms with Crippen LogP contribution in [0.3, 0.4) is 0 Å². The summed E-state index contributed by atoms with van der Waals surface area (Å²) in [6.07, 6.45) is 1.71. The number of para-hydroxylation sites is 1. The number of rotatable bonds is 7. The minimum Gasteiger partial charge on any atom is -0.508 e. The third-order valence-corrected chi connectivity index (χ3v) is 5.05. The van der Waals surface area contributed by atoms with E-state index < -0.39 is 0 Å². The van der Waals surface area contributed by atoms with Gasteiger partial charge in [-0.05, 0) is 58.7 Å². The molecule has 1 heterocycles. The molecule has 7 nitrogen and oxygen atoms in total. The van der Waals surface area contributed by atoms with Gasteiger partial charge in [0.25, 0.3) is 0 Å². The molecule has 0 aliphatic heterocycles. The number of carbonyl (C=O) groups is 1. The molecule has 0 atom stereocenters. The Bertz CT molecular complexity index is 902. The molecule has 0 saturated carbocycles. The summed E-state index contributed by atoms with van der Waals surface area (Å²) in [7, 11) is 0. The van der Waals surface area contributed by atoms with Crippen molar-refractivity contribution in [2.45, 2.75) is 31.8 Å². The molecule has 3 aromatic rings. The fourth-order valence-corrected chi connectivity index (χ4v) is 3.42. The van der Waals surface area contributed by atoms with Crippen LogP contribution in [-0.2, 0) is 17.6 Å². The lowest BCUT2D eigenvalue weighted by molar-refractivity contribution is -0.113. The third kappa shape index (κ3) is 4.46. The van der Waals surface area contributed by atoms with Gasteiger partial charge in [0.1, 0.15) is 5.75 Å². The lowest BCUT2D eigenvalue weighted by atomic mass is 10.0. The van der Waals surface area contributed by atoms with E-state index in [-0.39, 0.29) is 17.4 Å². The molecular formula is C19H21N5O2S. The number of nitrogens with one attached hydrogen (secondary N) is 1. The molecule has 8 heteroatoms. The normalized spacial score (nSPS) is 10.7. The first-order valence-electron chi connectivity index (χ1n) is 8.73. The molecular weight excluding hydrogens is 362 g/mol. The molecule has 0 radical (unpaired) electrons. The summed E-state index contributed by atoms with van der Waals surface area (Å²) in [6, 6.07) is 12.6. The highest BCUT2D eigenvalue weighted by Gasteiger charge is 2.14. The van der Waals surface area contributed by atoms with Gasteiger partial charge in [-0.2, -0.15) is 4.68 Å². The largest absolute Gasteiger partial charge is 0.508 e. The average molecular weight is 383 g/mol. The molecule has 27 heavy (non-hydrogen) atoms. The van der Waals surface area contributed by atoms with Crippen molar-refractivity contribution in [2.75, 3.05) is 11.1 Å². The average Bonchev–Trinajstić information content (AvgIpc) is 3.15. The van der Waals surface area contributed by atoms with Crippen molar-refractivity contribution in [3.05, 3.63) is 53.6 Å². The van der Waals surface area contributed by atoms with Crippen molar-refractivity contribution >= 4 is 23.4 Å². The van der Waals surface area contributed by atoms with E-state index in [2.05, 4.69) is 34.7 Å². The molecule has 0 spiro atoms. The van der Waals surface area contributed by atoms with Gasteiger partial charge in [0.2, 0.25) is 11.1 Å². The fourth-order valence-electron chi connectivity index (χ4n) is 2.73. The number of hydrogen-bond acceptors (Lipinski definition) is 6. The minimum absolute atomic E-state index is 0.101. The SMILES string of the molecule is CCc1cccc(CC)c1NC(=O)CSc1nnnn1-c1ccc(O)cc1. The van der Waals surface area contributed by atoms with Crippen LogP contribution in [-0.4, -0.2) is 37.0 Å². The zero-order valence-electron chi connectivity index (χ0n) is 15.2. The summed E-state index contributed by atoms with van der Waals surface area (Å²) in [5.41, 5.74) is 3.87. The number of tetrazole rings is 1. The van der Waals surface area contributed by atoms with E-state index in [1.165, 1.54) is 16.4 Å². The summed E-state index contributed by atoms with van der Waals surface area (Å²) in [6.45, 7) is 4.15. The highest BCUT2D eigenvalue weighted by molar-refractivity contribution is 7.99. The number of nitrogens with zero attached hydrogens (tertiary/aromatic N) is 4. The van der Waals surface area contributed by atoms with E-state index in [1.54, 1.807) is 24.3 Å². The molecule has 0 fully saturated rings. The number of thioether (sulfide) groups is 1. The fraction of sp³-hybridized carbons (Fsp3) is 0.263. The van der Waals surface area contributed by atoms with Crippen molar-refractivity contribution in [1.82, 2.24) is 20.2 Å². The highest BCUT2D eigenvalue weighted by atomic mass is 32.2. The van der Waals surface area contributed by atoms with Crippen LogP contribution in [0.1, 0.15) is 25.0 Å². The molecule has 0 aliphatic carbocycles. The van der Waals surface area contributed by atoms with Crippen molar-refractivity contribution in [1.29, 1.82) is 0 Å². The Kier molecular flexibility index (Phi) is 6.08. The highest BCUT2D eigenvalue weighted by Crippen LogP contribution is 2.24. The monoisotopic (exact) mass is 383 g/mol. The van der Waals surface area contributed by atoms with Crippen LogP contribution in [0, 0.1) is 0 Å². The van der Waals surface area contributed by atoms with Crippen LogP contribution >= 0.6 is 11.8 Å². The van der Waals surface area contributed by atoms with Gasteiger partial charge >= 0.3 is 0 Å². The second-order valence-corrected chi connectivity index (χ2v) is 6.83. The summed E-state index contributed by atoms with van der Waals surface area (Å²) in [5, 5.41) is 24.6. The van der Waals surface area contributed by atoms with Gasteiger partial charge in [0.05, 0.1) is 11.4 Å². The number of aromatic hydroxyl groups is 1. The Hall–Kier alpha value is -2.87. The molecule has 3 rings (SSSR count). The Morgan fingerprint density at radius 2 is 1.78 bits per heavy atom. The van der Waals surface area contributed by atoms with Gasteiger partial charge in [-0.1, -0.05) is 43.8 Å². The number of aryl methyl sites for hydroxylation is 2. The van der Waals surface area contributed by atoms with Crippen molar-refractivity contribution in [3.8, 4) is 11.4 Å². The summed E-state index contributed by atoms with van der Waals surface area (Å²) >= 11 is 1.26. The van der Waals surface area contributed by atoms with Crippen LogP contribution in [0.25, 0.3) is 5.69 Å². The van der Waals surface area contributed by atoms with Crippen LogP contribution in [0.5, 0.6) is 5.75 Å². The van der Waals surface area contributed by atoms with Crippen molar-refractivity contribution in [3.63, 3.8) is 0 Å². The number of phenols is 1. The Labute approximate surface area is 161 Å². The van der Waals surface area contributed by atoms with Crippen molar-refractivity contribution < 1.29 is 9.90 Å². The van der Waals surface area contributed by atoms with Gasteiger partial charge in [-0.15, -0.1) is 5.10 Å². The number of phenolic OH excluding ortho intramolecular Hbond substituents is 1.